The minimum atomic E-state index is -4.90. The number of halogens is 6. The first-order valence-corrected chi connectivity index (χ1v) is 9.23. The largest absolute Gasteiger partial charge is 0.438 e. The van der Waals surface area contributed by atoms with Crippen LogP contribution in [0, 0.1) is 0 Å². The first-order valence-electron chi connectivity index (χ1n) is 9.23. The number of pyridine rings is 1. The van der Waals surface area contributed by atoms with Gasteiger partial charge in [-0.15, -0.1) is 0 Å². The highest BCUT2D eigenvalue weighted by Gasteiger charge is 2.38. The van der Waals surface area contributed by atoms with Crippen LogP contribution in [0.2, 0.25) is 0 Å². The highest BCUT2D eigenvalue weighted by molar-refractivity contribution is 5.95. The van der Waals surface area contributed by atoms with Crippen molar-refractivity contribution in [3.05, 3.63) is 59.9 Å². The highest BCUT2D eigenvalue weighted by atomic mass is 19.4. The second kappa shape index (κ2) is 9.10. The SMILES string of the molecule is Cn1ccc(-c2cc(C(=O)NCC(O)C(F)(F)F)cnc2Oc2ccc(C(F)(F)F)cc2)n1. The molecule has 33 heavy (non-hydrogen) atoms. The van der Waals surface area contributed by atoms with Gasteiger partial charge in [0.1, 0.15) is 5.75 Å². The van der Waals surface area contributed by atoms with Crippen molar-refractivity contribution in [2.45, 2.75) is 18.5 Å². The summed E-state index contributed by atoms with van der Waals surface area (Å²) in [7, 11) is 1.61. The third-order valence-electron chi connectivity index (χ3n) is 4.33. The van der Waals surface area contributed by atoms with Crippen molar-refractivity contribution in [2.24, 2.45) is 7.05 Å². The first kappa shape index (κ1) is 24.0. The number of nitrogens with zero attached hydrogens (tertiary/aromatic N) is 3. The third kappa shape index (κ3) is 6.00. The molecule has 3 aromatic rings. The molecular weight excluding hydrogens is 458 g/mol. The number of aliphatic hydroxyl groups excluding tert-OH is 1. The molecule has 0 aliphatic heterocycles. The molecule has 2 aromatic heterocycles. The second-order valence-corrected chi connectivity index (χ2v) is 6.84. The lowest BCUT2D eigenvalue weighted by Gasteiger charge is -2.15. The van der Waals surface area contributed by atoms with Crippen LogP contribution in [0.1, 0.15) is 15.9 Å². The van der Waals surface area contributed by atoms with Crippen LogP contribution in [0.25, 0.3) is 11.3 Å². The molecule has 0 saturated heterocycles. The third-order valence-corrected chi connectivity index (χ3v) is 4.33. The fraction of sp³-hybridized carbons (Fsp3) is 0.250. The van der Waals surface area contributed by atoms with Gasteiger partial charge in [0.2, 0.25) is 5.88 Å². The number of alkyl halides is 6. The number of amides is 1. The first-order chi connectivity index (χ1) is 15.3. The molecule has 3 rings (SSSR count). The molecule has 1 aromatic carbocycles. The van der Waals surface area contributed by atoms with E-state index in [-0.39, 0.29) is 28.5 Å². The van der Waals surface area contributed by atoms with Crippen LogP contribution >= 0.6 is 0 Å². The van der Waals surface area contributed by atoms with Crippen molar-refractivity contribution in [1.29, 1.82) is 0 Å². The number of hydrogen-bond acceptors (Lipinski definition) is 5. The van der Waals surface area contributed by atoms with E-state index in [0.29, 0.717) is 0 Å². The van der Waals surface area contributed by atoms with Gasteiger partial charge in [-0.25, -0.2) is 4.98 Å². The molecule has 0 aliphatic carbocycles. The van der Waals surface area contributed by atoms with Crippen LogP contribution in [0.3, 0.4) is 0 Å². The Morgan fingerprint density at radius 3 is 2.36 bits per heavy atom. The van der Waals surface area contributed by atoms with E-state index in [2.05, 4.69) is 10.1 Å². The van der Waals surface area contributed by atoms with Crippen molar-refractivity contribution in [3.63, 3.8) is 0 Å². The van der Waals surface area contributed by atoms with E-state index < -0.39 is 36.5 Å². The number of aliphatic hydroxyl groups is 1. The van der Waals surface area contributed by atoms with Crippen LogP contribution in [-0.2, 0) is 13.2 Å². The summed E-state index contributed by atoms with van der Waals surface area (Å²) >= 11 is 0. The average Bonchev–Trinajstić information content (AvgIpc) is 3.17. The number of aromatic nitrogens is 3. The van der Waals surface area contributed by atoms with Crippen LogP contribution in [0.5, 0.6) is 11.6 Å². The molecule has 1 unspecified atom stereocenters. The fourth-order valence-corrected chi connectivity index (χ4v) is 2.63. The summed E-state index contributed by atoms with van der Waals surface area (Å²) in [4.78, 5) is 16.3. The van der Waals surface area contributed by atoms with Crippen LogP contribution in [0.4, 0.5) is 26.3 Å². The molecule has 0 saturated carbocycles. The summed E-state index contributed by atoms with van der Waals surface area (Å²) in [6.45, 7) is -1.06. The van der Waals surface area contributed by atoms with Gasteiger partial charge in [-0.2, -0.15) is 31.4 Å². The Morgan fingerprint density at radius 1 is 1.15 bits per heavy atom. The maximum absolute atomic E-state index is 12.8. The molecule has 1 amide bonds. The summed E-state index contributed by atoms with van der Waals surface area (Å²) in [5.74, 6) is -1.01. The zero-order chi connectivity index (χ0) is 24.4. The lowest BCUT2D eigenvalue weighted by Crippen LogP contribution is -2.40. The van der Waals surface area contributed by atoms with E-state index in [1.807, 2.05) is 5.32 Å². The molecule has 13 heteroatoms. The molecule has 2 heterocycles. The number of carbonyl (C=O) groups excluding carboxylic acids is 1. The summed E-state index contributed by atoms with van der Waals surface area (Å²) in [5, 5.41) is 15.2. The summed E-state index contributed by atoms with van der Waals surface area (Å²) in [5.41, 5.74) is -0.568. The molecular formula is C20H16F6N4O3. The van der Waals surface area contributed by atoms with Gasteiger partial charge in [-0.1, -0.05) is 0 Å². The molecule has 0 fully saturated rings. The van der Waals surface area contributed by atoms with E-state index in [1.165, 1.54) is 10.7 Å². The predicted octanol–water partition coefficient (Wildman–Crippen LogP) is 3.95. The Bertz CT molecular complexity index is 1130. The number of ether oxygens (including phenoxy) is 1. The van der Waals surface area contributed by atoms with Gasteiger partial charge >= 0.3 is 12.4 Å². The second-order valence-electron chi connectivity index (χ2n) is 6.84. The standard InChI is InChI=1S/C20H16F6N4O3/c1-30-7-6-15(29-30)14-8-11(17(32)27-10-16(31)20(24,25)26)9-28-18(14)33-13-4-2-12(3-5-13)19(21,22)23/h2-9,16,31H,10H2,1H3,(H,27,32). The lowest BCUT2D eigenvalue weighted by molar-refractivity contribution is -0.201. The van der Waals surface area contributed by atoms with Gasteiger partial charge in [0.25, 0.3) is 5.91 Å². The van der Waals surface area contributed by atoms with Gasteiger partial charge in [0.15, 0.2) is 6.10 Å². The molecule has 0 radical (unpaired) electrons. The van der Waals surface area contributed by atoms with Crippen LogP contribution < -0.4 is 10.1 Å². The molecule has 0 spiro atoms. The smallest absolute Gasteiger partial charge is 0.416 e. The predicted molar refractivity (Wildman–Crippen MR) is 102 cm³/mol. The number of nitrogens with one attached hydrogen (secondary N) is 1. The van der Waals surface area contributed by atoms with Crippen molar-refractivity contribution in [1.82, 2.24) is 20.1 Å². The number of aryl methyl sites for hydroxylation is 1. The summed E-state index contributed by atoms with van der Waals surface area (Å²) in [6.07, 6.45) is -9.58. The topological polar surface area (TPSA) is 89.3 Å². The average molecular weight is 474 g/mol. The minimum Gasteiger partial charge on any atom is -0.438 e. The Morgan fingerprint density at radius 2 is 1.82 bits per heavy atom. The van der Waals surface area contributed by atoms with Crippen molar-refractivity contribution in [3.8, 4) is 22.9 Å². The molecule has 7 nitrogen and oxygen atoms in total. The quantitative estimate of drug-likeness (QED) is 0.529. The molecule has 2 N–H and O–H groups in total. The number of rotatable bonds is 6. The number of benzene rings is 1. The number of carbonyl (C=O) groups is 1. The maximum atomic E-state index is 12.8. The van der Waals surface area contributed by atoms with Crippen LogP contribution in [-0.4, -0.2) is 44.6 Å². The monoisotopic (exact) mass is 474 g/mol. The van der Waals surface area contributed by atoms with Crippen molar-refractivity contribution in [2.75, 3.05) is 6.54 Å². The van der Waals surface area contributed by atoms with Gasteiger partial charge in [-0.3, -0.25) is 9.48 Å². The Balaban J connectivity index is 1.87. The van der Waals surface area contributed by atoms with Gasteiger partial charge in [-0.05, 0) is 36.4 Å². The number of hydrogen-bond donors (Lipinski definition) is 2. The zero-order valence-electron chi connectivity index (χ0n) is 16.8. The van der Waals surface area contributed by atoms with Gasteiger partial charge < -0.3 is 15.2 Å². The molecule has 176 valence electrons. The van der Waals surface area contributed by atoms with Crippen molar-refractivity contribution < 1.29 is 41.0 Å². The summed E-state index contributed by atoms with van der Waals surface area (Å²) < 4.78 is 82.6. The Hall–Kier alpha value is -3.61. The lowest BCUT2D eigenvalue weighted by atomic mass is 10.1. The molecule has 0 aliphatic rings. The Kier molecular flexibility index (Phi) is 6.63. The minimum absolute atomic E-state index is 0.0261. The van der Waals surface area contributed by atoms with E-state index in [0.717, 1.165) is 30.5 Å². The van der Waals surface area contributed by atoms with E-state index >= 15 is 0 Å². The fourth-order valence-electron chi connectivity index (χ4n) is 2.63. The van der Waals surface area contributed by atoms with E-state index in [4.69, 9.17) is 9.84 Å². The van der Waals surface area contributed by atoms with E-state index in [1.54, 1.807) is 19.3 Å². The molecule has 0 bridgehead atoms. The normalized spacial score (nSPS) is 13.0. The highest BCUT2D eigenvalue weighted by Crippen LogP contribution is 2.34. The molecule has 1 atom stereocenters. The van der Waals surface area contributed by atoms with Gasteiger partial charge in [0.05, 0.1) is 28.9 Å². The zero-order valence-corrected chi connectivity index (χ0v) is 16.8. The van der Waals surface area contributed by atoms with E-state index in [9.17, 15) is 31.1 Å². The maximum Gasteiger partial charge on any atom is 0.416 e. The van der Waals surface area contributed by atoms with Gasteiger partial charge in [0, 0.05) is 19.4 Å². The summed E-state index contributed by atoms with van der Waals surface area (Å²) in [6, 6.07) is 6.63. The Labute approximate surface area is 182 Å². The van der Waals surface area contributed by atoms with Crippen molar-refractivity contribution >= 4 is 5.91 Å². The van der Waals surface area contributed by atoms with Crippen LogP contribution in [0.15, 0.2) is 48.8 Å².